The summed E-state index contributed by atoms with van der Waals surface area (Å²) >= 11 is 1.52. The Morgan fingerprint density at radius 2 is 2.24 bits per heavy atom. The van der Waals surface area contributed by atoms with Crippen LogP contribution in [0, 0.1) is 25.7 Å². The van der Waals surface area contributed by atoms with E-state index >= 15 is 0 Å². The van der Waals surface area contributed by atoms with Gasteiger partial charge in [0, 0.05) is 10.4 Å². The lowest BCUT2D eigenvalue weighted by Crippen LogP contribution is -2.23. The van der Waals surface area contributed by atoms with E-state index in [1.165, 1.54) is 11.3 Å². The number of aryl methyl sites for hydroxylation is 2. The van der Waals surface area contributed by atoms with Crippen LogP contribution in [-0.4, -0.2) is 22.6 Å². The SMILES string of the molecule is Cc1ccc(C(=O)NCc2scnc2C)c(C#CCO)c1. The molecule has 0 saturated carbocycles. The van der Waals surface area contributed by atoms with Crippen LogP contribution in [0.3, 0.4) is 0 Å². The van der Waals surface area contributed by atoms with Crippen molar-refractivity contribution in [3.05, 3.63) is 51.0 Å². The maximum absolute atomic E-state index is 12.3. The quantitative estimate of drug-likeness (QED) is 0.853. The molecule has 21 heavy (non-hydrogen) atoms. The summed E-state index contributed by atoms with van der Waals surface area (Å²) < 4.78 is 0. The number of hydrogen-bond donors (Lipinski definition) is 2. The second-order valence-corrected chi connectivity index (χ2v) is 5.49. The van der Waals surface area contributed by atoms with Gasteiger partial charge in [0.1, 0.15) is 6.61 Å². The van der Waals surface area contributed by atoms with E-state index in [-0.39, 0.29) is 12.5 Å². The third-order valence-corrected chi connectivity index (χ3v) is 3.91. The van der Waals surface area contributed by atoms with Crippen LogP contribution < -0.4 is 5.32 Å². The van der Waals surface area contributed by atoms with Crippen molar-refractivity contribution in [3.8, 4) is 11.8 Å². The molecule has 0 radical (unpaired) electrons. The highest BCUT2D eigenvalue weighted by Gasteiger charge is 2.11. The van der Waals surface area contributed by atoms with Crippen molar-refractivity contribution in [3.63, 3.8) is 0 Å². The van der Waals surface area contributed by atoms with Gasteiger partial charge < -0.3 is 10.4 Å². The molecule has 2 aromatic rings. The van der Waals surface area contributed by atoms with Gasteiger partial charge >= 0.3 is 0 Å². The van der Waals surface area contributed by atoms with Crippen LogP contribution in [0.5, 0.6) is 0 Å². The highest BCUT2D eigenvalue weighted by Crippen LogP contribution is 2.14. The van der Waals surface area contributed by atoms with Crippen LogP contribution in [0.25, 0.3) is 0 Å². The van der Waals surface area contributed by atoms with Crippen LogP contribution in [0.1, 0.15) is 32.1 Å². The van der Waals surface area contributed by atoms with Gasteiger partial charge in [0.25, 0.3) is 5.91 Å². The topological polar surface area (TPSA) is 62.2 Å². The molecule has 0 atom stereocenters. The van der Waals surface area contributed by atoms with Crippen LogP contribution in [0.4, 0.5) is 0 Å². The van der Waals surface area contributed by atoms with Gasteiger partial charge in [0.15, 0.2) is 0 Å². The second kappa shape index (κ2) is 7.02. The number of rotatable bonds is 3. The molecule has 0 fully saturated rings. The van der Waals surface area contributed by atoms with E-state index in [4.69, 9.17) is 5.11 Å². The van der Waals surface area contributed by atoms with Gasteiger partial charge in [-0.25, -0.2) is 4.98 Å². The minimum Gasteiger partial charge on any atom is -0.384 e. The third-order valence-electron chi connectivity index (χ3n) is 2.98. The maximum atomic E-state index is 12.3. The Labute approximate surface area is 127 Å². The average Bonchev–Trinajstić information content (AvgIpc) is 2.88. The summed E-state index contributed by atoms with van der Waals surface area (Å²) in [6.07, 6.45) is 0. The number of carbonyl (C=O) groups is 1. The number of thiazole rings is 1. The van der Waals surface area contributed by atoms with Gasteiger partial charge in [-0.05, 0) is 31.5 Å². The Morgan fingerprint density at radius 1 is 1.43 bits per heavy atom. The van der Waals surface area contributed by atoms with E-state index in [2.05, 4.69) is 22.1 Å². The number of aliphatic hydroxyl groups is 1. The molecule has 0 aliphatic carbocycles. The highest BCUT2D eigenvalue weighted by atomic mass is 32.1. The minimum absolute atomic E-state index is 0.176. The monoisotopic (exact) mass is 300 g/mol. The average molecular weight is 300 g/mol. The zero-order valence-corrected chi connectivity index (χ0v) is 12.8. The first-order valence-electron chi connectivity index (χ1n) is 6.49. The Hall–Kier alpha value is -2.16. The largest absolute Gasteiger partial charge is 0.384 e. The van der Waals surface area contributed by atoms with E-state index < -0.39 is 0 Å². The summed E-state index contributed by atoms with van der Waals surface area (Å²) in [5, 5.41) is 11.7. The Bertz CT molecular complexity index is 711. The fraction of sp³-hybridized carbons (Fsp3) is 0.250. The lowest BCUT2D eigenvalue weighted by Gasteiger charge is -2.07. The van der Waals surface area contributed by atoms with Crippen LogP contribution in [0.15, 0.2) is 23.7 Å². The van der Waals surface area contributed by atoms with Gasteiger partial charge in [-0.2, -0.15) is 0 Å². The van der Waals surface area contributed by atoms with Crippen molar-refractivity contribution in [2.45, 2.75) is 20.4 Å². The number of aliphatic hydroxyl groups excluding tert-OH is 1. The van der Waals surface area contributed by atoms with Gasteiger partial charge in [-0.1, -0.05) is 17.9 Å². The zero-order chi connectivity index (χ0) is 15.2. The molecule has 1 aromatic carbocycles. The number of nitrogens with zero attached hydrogens (tertiary/aromatic N) is 1. The van der Waals surface area contributed by atoms with Gasteiger partial charge in [-0.3, -0.25) is 4.79 Å². The van der Waals surface area contributed by atoms with Crippen molar-refractivity contribution in [2.75, 3.05) is 6.61 Å². The molecule has 108 valence electrons. The summed E-state index contributed by atoms with van der Waals surface area (Å²) in [5.41, 5.74) is 4.86. The Kier molecular flexibility index (Phi) is 5.09. The van der Waals surface area contributed by atoms with Crippen molar-refractivity contribution in [1.82, 2.24) is 10.3 Å². The van der Waals surface area contributed by atoms with E-state index in [0.29, 0.717) is 17.7 Å². The van der Waals surface area contributed by atoms with E-state index in [1.807, 2.05) is 26.0 Å². The molecule has 0 aliphatic rings. The number of nitrogens with one attached hydrogen (secondary N) is 1. The summed E-state index contributed by atoms with van der Waals surface area (Å²) in [5.74, 6) is 5.23. The van der Waals surface area contributed by atoms with Crippen molar-refractivity contribution < 1.29 is 9.90 Å². The predicted octanol–water partition coefficient (Wildman–Crippen LogP) is 2.03. The molecule has 2 N–H and O–H groups in total. The van der Waals surface area contributed by atoms with Gasteiger partial charge in [0.2, 0.25) is 0 Å². The lowest BCUT2D eigenvalue weighted by atomic mass is 10.0. The first-order valence-corrected chi connectivity index (χ1v) is 7.37. The zero-order valence-electron chi connectivity index (χ0n) is 11.9. The smallest absolute Gasteiger partial charge is 0.252 e. The van der Waals surface area contributed by atoms with Crippen molar-refractivity contribution in [2.24, 2.45) is 0 Å². The van der Waals surface area contributed by atoms with Gasteiger partial charge in [0.05, 0.1) is 23.3 Å². The molecule has 0 bridgehead atoms. The van der Waals surface area contributed by atoms with Crippen molar-refractivity contribution >= 4 is 17.2 Å². The summed E-state index contributed by atoms with van der Waals surface area (Å²) in [6, 6.07) is 5.47. The Morgan fingerprint density at radius 3 is 2.90 bits per heavy atom. The maximum Gasteiger partial charge on any atom is 0.252 e. The fourth-order valence-corrected chi connectivity index (χ4v) is 2.56. The summed E-state index contributed by atoms with van der Waals surface area (Å²) in [7, 11) is 0. The molecule has 5 heteroatoms. The van der Waals surface area contributed by atoms with E-state index in [0.717, 1.165) is 16.1 Å². The molecule has 0 aliphatic heterocycles. The highest BCUT2D eigenvalue weighted by molar-refractivity contribution is 7.09. The van der Waals surface area contributed by atoms with Crippen molar-refractivity contribution in [1.29, 1.82) is 0 Å². The van der Waals surface area contributed by atoms with Gasteiger partial charge in [-0.15, -0.1) is 11.3 Å². The number of aromatic nitrogens is 1. The molecular formula is C16H16N2O2S. The standard InChI is InChI=1S/C16H16N2O2S/c1-11-5-6-14(13(8-11)4-3-7-19)16(20)17-9-15-12(2)18-10-21-15/h5-6,8,10,19H,7,9H2,1-2H3,(H,17,20). The lowest BCUT2D eigenvalue weighted by molar-refractivity contribution is 0.0951. The molecule has 4 nitrogen and oxygen atoms in total. The number of amides is 1. The molecule has 1 heterocycles. The first kappa shape index (κ1) is 15.2. The van der Waals surface area contributed by atoms with Crippen LogP contribution >= 0.6 is 11.3 Å². The minimum atomic E-state index is -0.227. The summed E-state index contributed by atoms with van der Waals surface area (Å²) in [6.45, 7) is 4.08. The molecule has 0 saturated heterocycles. The molecule has 0 unspecified atom stereocenters. The third kappa shape index (κ3) is 3.91. The number of hydrogen-bond acceptors (Lipinski definition) is 4. The summed E-state index contributed by atoms with van der Waals surface area (Å²) in [4.78, 5) is 17.5. The molecule has 2 rings (SSSR count). The molecular weight excluding hydrogens is 284 g/mol. The molecule has 1 amide bonds. The van der Waals surface area contributed by atoms with E-state index in [9.17, 15) is 4.79 Å². The van der Waals surface area contributed by atoms with Crippen LogP contribution in [0.2, 0.25) is 0 Å². The normalized spacial score (nSPS) is 9.86. The Balaban J connectivity index is 2.17. The predicted molar refractivity (Wildman–Crippen MR) is 83.2 cm³/mol. The molecule has 1 aromatic heterocycles. The number of benzene rings is 1. The fourth-order valence-electron chi connectivity index (χ4n) is 1.85. The molecule has 0 spiro atoms. The van der Waals surface area contributed by atoms with E-state index in [1.54, 1.807) is 11.6 Å². The first-order chi connectivity index (χ1) is 10.1. The second-order valence-electron chi connectivity index (χ2n) is 4.55. The number of carbonyl (C=O) groups excluding carboxylic acids is 1. The van der Waals surface area contributed by atoms with Crippen LogP contribution in [-0.2, 0) is 6.54 Å².